The average molecular weight is 386 g/mol. The maximum atomic E-state index is 12.4. The monoisotopic (exact) mass is 386 g/mol. The molecule has 0 atom stereocenters. The third-order valence-corrected chi connectivity index (χ3v) is 5.73. The zero-order valence-electron chi connectivity index (χ0n) is 14.0. The molecule has 1 aromatic heterocycles. The first-order valence-corrected chi connectivity index (χ1v) is 11.2. The minimum atomic E-state index is -3.65. The first kappa shape index (κ1) is 17.7. The fraction of sp³-hybridized carbons (Fsp3) is 0.400. The van der Waals surface area contributed by atoms with Crippen LogP contribution in [0.25, 0.3) is 10.9 Å². The lowest BCUT2D eigenvalue weighted by atomic mass is 9.94. The number of ether oxygens (including phenoxy) is 1. The smallest absolute Gasteiger partial charge is 0.236 e. The summed E-state index contributed by atoms with van der Waals surface area (Å²) < 4.78 is 56.5. The summed E-state index contributed by atoms with van der Waals surface area (Å²) >= 11 is 0. The molecule has 0 saturated heterocycles. The van der Waals surface area contributed by atoms with Crippen LogP contribution in [0.1, 0.15) is 28.9 Å². The molecule has 1 N–H and O–H groups in total. The molecule has 0 amide bonds. The molecule has 1 aliphatic carbocycles. The molecule has 3 rings (SSSR count). The predicted octanol–water partition coefficient (Wildman–Crippen LogP) is 1.35. The van der Waals surface area contributed by atoms with Gasteiger partial charge in [0.15, 0.2) is 5.78 Å². The number of ketones is 1. The van der Waals surface area contributed by atoms with Gasteiger partial charge in [-0.15, -0.1) is 0 Å². The molecule has 0 saturated carbocycles. The van der Waals surface area contributed by atoms with E-state index in [0.29, 0.717) is 41.4 Å². The van der Waals surface area contributed by atoms with Gasteiger partial charge >= 0.3 is 0 Å². The molecule has 1 aromatic carbocycles. The molecule has 136 valence electrons. The van der Waals surface area contributed by atoms with E-state index in [9.17, 15) is 21.6 Å². The SMILES string of the molecule is COc1cc2c(cc1NS(C)(=O)=O)c1c(n2S(C)(=O)=O)CCCC1=O. The van der Waals surface area contributed by atoms with Crippen LogP contribution in [0.3, 0.4) is 0 Å². The van der Waals surface area contributed by atoms with Crippen LogP contribution in [-0.2, 0) is 26.5 Å². The van der Waals surface area contributed by atoms with Gasteiger partial charge in [-0.3, -0.25) is 9.52 Å². The number of carbonyl (C=O) groups excluding carboxylic acids is 1. The Morgan fingerprint density at radius 2 is 1.80 bits per heavy atom. The molecule has 2 aromatic rings. The number of anilines is 1. The van der Waals surface area contributed by atoms with Gasteiger partial charge in [0.2, 0.25) is 20.0 Å². The molecule has 0 fully saturated rings. The molecule has 0 radical (unpaired) electrons. The molecular formula is C15H18N2O6S2. The number of sulfonamides is 1. The second-order valence-corrected chi connectivity index (χ2v) is 9.65. The Kier molecular flexibility index (Phi) is 4.07. The highest BCUT2D eigenvalue weighted by Gasteiger charge is 2.30. The number of Topliss-reactive ketones (excluding diaryl/α,β-unsaturated/α-hetero) is 1. The highest BCUT2D eigenvalue weighted by Crippen LogP contribution is 2.39. The van der Waals surface area contributed by atoms with E-state index in [-0.39, 0.29) is 17.2 Å². The van der Waals surface area contributed by atoms with Gasteiger partial charge in [-0.05, 0) is 18.9 Å². The molecule has 0 aliphatic heterocycles. The number of benzene rings is 1. The summed E-state index contributed by atoms with van der Waals surface area (Å²) in [4.78, 5) is 12.4. The van der Waals surface area contributed by atoms with Crippen LogP contribution in [0.5, 0.6) is 5.75 Å². The number of carbonyl (C=O) groups is 1. The number of hydrogen-bond donors (Lipinski definition) is 1. The maximum absolute atomic E-state index is 12.4. The molecule has 1 aliphatic rings. The van der Waals surface area contributed by atoms with Gasteiger partial charge in [-0.25, -0.2) is 20.8 Å². The van der Waals surface area contributed by atoms with Crippen LogP contribution in [0.15, 0.2) is 12.1 Å². The number of rotatable bonds is 4. The van der Waals surface area contributed by atoms with Gasteiger partial charge in [0, 0.05) is 29.1 Å². The zero-order chi connectivity index (χ0) is 18.6. The van der Waals surface area contributed by atoms with Gasteiger partial charge in [-0.2, -0.15) is 0 Å². The minimum Gasteiger partial charge on any atom is -0.494 e. The molecule has 8 nitrogen and oxygen atoms in total. The van der Waals surface area contributed by atoms with Crippen LogP contribution in [0.4, 0.5) is 5.69 Å². The summed E-state index contributed by atoms with van der Waals surface area (Å²) in [7, 11) is -5.87. The van der Waals surface area contributed by atoms with Gasteiger partial charge in [0.1, 0.15) is 5.75 Å². The Bertz CT molecular complexity index is 1100. The molecule has 0 bridgehead atoms. The topological polar surface area (TPSA) is 112 Å². The van der Waals surface area contributed by atoms with Gasteiger partial charge in [0.05, 0.1) is 30.8 Å². The van der Waals surface area contributed by atoms with E-state index >= 15 is 0 Å². The van der Waals surface area contributed by atoms with E-state index in [4.69, 9.17) is 4.74 Å². The second kappa shape index (κ2) is 5.73. The Balaban J connectivity index is 2.44. The van der Waals surface area contributed by atoms with Gasteiger partial charge in [-0.1, -0.05) is 0 Å². The van der Waals surface area contributed by atoms with E-state index < -0.39 is 20.0 Å². The van der Waals surface area contributed by atoms with Crippen molar-refractivity contribution >= 4 is 42.4 Å². The number of nitrogens with one attached hydrogen (secondary N) is 1. The molecule has 0 unspecified atom stereocenters. The van der Waals surface area contributed by atoms with Crippen LogP contribution in [0.2, 0.25) is 0 Å². The fourth-order valence-corrected chi connectivity index (χ4v) is 4.90. The van der Waals surface area contributed by atoms with Crippen molar-refractivity contribution in [1.82, 2.24) is 3.97 Å². The van der Waals surface area contributed by atoms with Gasteiger partial charge < -0.3 is 4.74 Å². The Hall–Kier alpha value is -2.07. The van der Waals surface area contributed by atoms with E-state index in [1.54, 1.807) is 0 Å². The van der Waals surface area contributed by atoms with E-state index in [1.165, 1.54) is 19.2 Å². The minimum absolute atomic E-state index is 0.149. The van der Waals surface area contributed by atoms with E-state index in [2.05, 4.69) is 4.72 Å². The number of fused-ring (bicyclic) bond motifs is 3. The van der Waals surface area contributed by atoms with Crippen molar-refractivity contribution in [3.8, 4) is 5.75 Å². The van der Waals surface area contributed by atoms with Crippen molar-refractivity contribution in [3.63, 3.8) is 0 Å². The van der Waals surface area contributed by atoms with Gasteiger partial charge in [0.25, 0.3) is 0 Å². The number of nitrogens with zero attached hydrogens (tertiary/aromatic N) is 1. The first-order valence-electron chi connectivity index (χ1n) is 7.50. The summed E-state index contributed by atoms with van der Waals surface area (Å²) in [5.41, 5.74) is 1.24. The second-order valence-electron chi connectivity index (χ2n) is 6.07. The highest BCUT2D eigenvalue weighted by atomic mass is 32.2. The number of methoxy groups -OCH3 is 1. The normalized spacial score (nSPS) is 15.2. The standard InChI is InChI=1S/C15H18N2O6S2/c1-23-14-8-12-9(7-10(14)16-24(2,19)20)15-11(5-4-6-13(15)18)17(12)25(3,21)22/h7-8,16H,4-6H2,1-3H3. The van der Waals surface area contributed by atoms with Crippen molar-refractivity contribution in [2.45, 2.75) is 19.3 Å². The summed E-state index contributed by atoms with van der Waals surface area (Å²) in [6.45, 7) is 0. The lowest BCUT2D eigenvalue weighted by Crippen LogP contribution is -2.18. The summed E-state index contributed by atoms with van der Waals surface area (Å²) in [6, 6.07) is 2.90. The molecule has 10 heteroatoms. The van der Waals surface area contributed by atoms with E-state index in [0.717, 1.165) is 16.5 Å². The molecule has 0 spiro atoms. The van der Waals surface area contributed by atoms with Crippen molar-refractivity contribution in [3.05, 3.63) is 23.4 Å². The number of hydrogen-bond acceptors (Lipinski definition) is 6. The van der Waals surface area contributed by atoms with Crippen LogP contribution >= 0.6 is 0 Å². The average Bonchev–Trinajstić information content (AvgIpc) is 2.79. The summed E-state index contributed by atoms with van der Waals surface area (Å²) in [5, 5.41) is 0.400. The Labute approximate surface area is 145 Å². The number of aromatic nitrogens is 1. The first-order chi connectivity index (χ1) is 11.5. The Morgan fingerprint density at radius 3 is 2.36 bits per heavy atom. The lowest BCUT2D eigenvalue weighted by Gasteiger charge is -2.13. The van der Waals surface area contributed by atoms with Crippen molar-refractivity contribution < 1.29 is 26.4 Å². The fourth-order valence-electron chi connectivity index (χ4n) is 3.25. The van der Waals surface area contributed by atoms with Crippen LogP contribution in [0, 0.1) is 0 Å². The van der Waals surface area contributed by atoms with Crippen LogP contribution < -0.4 is 9.46 Å². The largest absolute Gasteiger partial charge is 0.494 e. The maximum Gasteiger partial charge on any atom is 0.236 e. The Morgan fingerprint density at radius 1 is 1.12 bits per heavy atom. The molecular weight excluding hydrogens is 368 g/mol. The molecule has 1 heterocycles. The summed E-state index contributed by atoms with van der Waals surface area (Å²) in [6.07, 6.45) is 3.43. The quantitative estimate of drug-likeness (QED) is 0.849. The van der Waals surface area contributed by atoms with Crippen LogP contribution in [-0.4, -0.2) is 46.2 Å². The third-order valence-electron chi connectivity index (χ3n) is 4.06. The predicted molar refractivity (Wildman–Crippen MR) is 94.5 cm³/mol. The molecule has 25 heavy (non-hydrogen) atoms. The van der Waals surface area contributed by atoms with Crippen molar-refractivity contribution in [2.24, 2.45) is 0 Å². The van der Waals surface area contributed by atoms with Crippen molar-refractivity contribution in [1.29, 1.82) is 0 Å². The highest BCUT2D eigenvalue weighted by molar-refractivity contribution is 7.92. The van der Waals surface area contributed by atoms with E-state index in [1.807, 2.05) is 0 Å². The zero-order valence-corrected chi connectivity index (χ0v) is 15.6. The lowest BCUT2D eigenvalue weighted by molar-refractivity contribution is 0.0974. The third kappa shape index (κ3) is 3.11. The summed E-state index contributed by atoms with van der Waals surface area (Å²) in [5.74, 6) is 0.0224. The van der Waals surface area contributed by atoms with Crippen molar-refractivity contribution in [2.75, 3.05) is 24.3 Å².